The van der Waals surface area contributed by atoms with Crippen molar-refractivity contribution in [3.8, 4) is 0 Å². The van der Waals surface area contributed by atoms with Crippen LogP contribution in [0.1, 0.15) is 22.2 Å². The first kappa shape index (κ1) is 18.6. The molecule has 1 fully saturated rings. The van der Waals surface area contributed by atoms with Gasteiger partial charge in [-0.15, -0.1) is 11.3 Å². The molecule has 8 heteroatoms. The third-order valence-corrected chi connectivity index (χ3v) is 6.40. The number of benzene rings is 1. The number of nitrogens with zero attached hydrogens (tertiary/aromatic N) is 4. The fraction of sp³-hybridized carbons (Fsp3) is 0.350. The number of rotatable bonds is 3. The zero-order valence-corrected chi connectivity index (χ0v) is 16.6. The summed E-state index contributed by atoms with van der Waals surface area (Å²) in [6.07, 6.45) is 1.53. The number of hydrogen-bond donors (Lipinski definition) is 0. The quantitative estimate of drug-likeness (QED) is 0.678. The van der Waals surface area contributed by atoms with Gasteiger partial charge in [0.2, 0.25) is 0 Å². The smallest absolute Gasteiger partial charge is 0.264 e. The topological polar surface area (TPSA) is 58.4 Å². The lowest BCUT2D eigenvalue weighted by molar-refractivity contribution is 0.0751. The Bertz CT molecular complexity index is 1100. The van der Waals surface area contributed by atoms with Crippen LogP contribution in [-0.4, -0.2) is 46.5 Å². The molecule has 0 saturated carbocycles. The molecule has 1 amide bonds. The van der Waals surface area contributed by atoms with Crippen molar-refractivity contribution in [1.82, 2.24) is 14.5 Å². The summed E-state index contributed by atoms with van der Waals surface area (Å²) in [5.74, 6) is -0.336. The maximum Gasteiger partial charge on any atom is 0.264 e. The SMILES string of the molecule is CCn1cnc2sc(C(=O)N3CCN(c4ccccc4F)CC3)c(C)c2c1=O. The van der Waals surface area contributed by atoms with Gasteiger partial charge in [0.15, 0.2) is 0 Å². The molecule has 1 saturated heterocycles. The maximum absolute atomic E-state index is 14.0. The van der Waals surface area contributed by atoms with Crippen molar-refractivity contribution >= 4 is 33.1 Å². The lowest BCUT2D eigenvalue weighted by Crippen LogP contribution is -2.49. The number of anilines is 1. The summed E-state index contributed by atoms with van der Waals surface area (Å²) in [5, 5.41) is 0.530. The summed E-state index contributed by atoms with van der Waals surface area (Å²) in [6.45, 7) is 6.39. The highest BCUT2D eigenvalue weighted by Gasteiger charge is 2.27. The number of carbonyl (C=O) groups is 1. The lowest BCUT2D eigenvalue weighted by atomic mass is 10.2. The maximum atomic E-state index is 14.0. The van der Waals surface area contributed by atoms with E-state index < -0.39 is 0 Å². The molecule has 6 nitrogen and oxygen atoms in total. The molecule has 0 unspecified atom stereocenters. The third kappa shape index (κ3) is 3.07. The average Bonchev–Trinajstić information content (AvgIpc) is 3.05. The van der Waals surface area contributed by atoms with E-state index in [0.29, 0.717) is 59.1 Å². The molecular formula is C20H21FN4O2S. The van der Waals surface area contributed by atoms with Gasteiger partial charge in [-0.05, 0) is 31.5 Å². The van der Waals surface area contributed by atoms with E-state index in [4.69, 9.17) is 0 Å². The first-order valence-electron chi connectivity index (χ1n) is 9.28. The summed E-state index contributed by atoms with van der Waals surface area (Å²) >= 11 is 1.27. The fourth-order valence-electron chi connectivity index (χ4n) is 3.59. The van der Waals surface area contributed by atoms with Gasteiger partial charge in [0.25, 0.3) is 11.5 Å². The van der Waals surface area contributed by atoms with E-state index in [0.717, 1.165) is 0 Å². The molecule has 0 radical (unpaired) electrons. The van der Waals surface area contributed by atoms with Gasteiger partial charge in [0.05, 0.1) is 22.3 Å². The molecule has 146 valence electrons. The average molecular weight is 400 g/mol. The number of carbonyl (C=O) groups excluding carboxylic acids is 1. The number of hydrogen-bond acceptors (Lipinski definition) is 5. The summed E-state index contributed by atoms with van der Waals surface area (Å²) < 4.78 is 15.6. The predicted octanol–water partition coefficient (Wildman–Crippen LogP) is 2.89. The van der Waals surface area contributed by atoms with Crippen molar-refractivity contribution in [3.63, 3.8) is 0 Å². The molecular weight excluding hydrogens is 379 g/mol. The van der Waals surface area contributed by atoms with Crippen LogP contribution in [0.4, 0.5) is 10.1 Å². The minimum atomic E-state index is -0.249. The number of amides is 1. The van der Waals surface area contributed by atoms with Crippen molar-refractivity contribution < 1.29 is 9.18 Å². The number of piperazine rings is 1. The number of para-hydroxylation sites is 1. The first-order valence-corrected chi connectivity index (χ1v) is 10.1. The van der Waals surface area contributed by atoms with Crippen LogP contribution in [0.15, 0.2) is 35.4 Å². The van der Waals surface area contributed by atoms with Gasteiger partial charge in [0.1, 0.15) is 10.6 Å². The highest BCUT2D eigenvalue weighted by atomic mass is 32.1. The van der Waals surface area contributed by atoms with Gasteiger partial charge in [-0.1, -0.05) is 12.1 Å². The molecule has 0 spiro atoms. The van der Waals surface area contributed by atoms with Crippen LogP contribution in [0, 0.1) is 12.7 Å². The summed E-state index contributed by atoms with van der Waals surface area (Å²) in [4.78, 5) is 34.9. The van der Waals surface area contributed by atoms with Crippen LogP contribution in [0.2, 0.25) is 0 Å². The summed E-state index contributed by atoms with van der Waals surface area (Å²) in [7, 11) is 0. The number of halogens is 1. The van der Waals surface area contributed by atoms with E-state index in [1.54, 1.807) is 21.6 Å². The van der Waals surface area contributed by atoms with Gasteiger partial charge in [0, 0.05) is 32.7 Å². The molecule has 3 heterocycles. The second kappa shape index (κ2) is 7.35. The molecule has 3 aromatic rings. The zero-order valence-electron chi connectivity index (χ0n) is 15.8. The molecule has 1 aromatic carbocycles. The molecule has 1 aliphatic rings. The van der Waals surface area contributed by atoms with Gasteiger partial charge < -0.3 is 9.80 Å². The Morgan fingerprint density at radius 3 is 2.61 bits per heavy atom. The second-order valence-electron chi connectivity index (χ2n) is 6.80. The normalized spacial score (nSPS) is 14.7. The zero-order chi connectivity index (χ0) is 19.8. The van der Waals surface area contributed by atoms with Crippen molar-refractivity contribution in [2.75, 3.05) is 31.1 Å². The molecule has 4 rings (SSSR count). The van der Waals surface area contributed by atoms with Crippen LogP contribution in [-0.2, 0) is 6.54 Å². The Kier molecular flexibility index (Phi) is 4.89. The standard InChI is InChI=1S/C20H21FN4O2S/c1-3-23-12-22-18-16(19(23)26)13(2)17(28-18)20(27)25-10-8-24(9-11-25)15-7-5-4-6-14(15)21/h4-7,12H,3,8-11H2,1-2H3. The Morgan fingerprint density at radius 1 is 1.21 bits per heavy atom. The predicted molar refractivity (Wildman–Crippen MR) is 109 cm³/mol. The van der Waals surface area contributed by atoms with Crippen LogP contribution >= 0.6 is 11.3 Å². The molecule has 0 bridgehead atoms. The van der Waals surface area contributed by atoms with Crippen molar-refractivity contribution in [1.29, 1.82) is 0 Å². The molecule has 0 atom stereocenters. The molecule has 1 aliphatic heterocycles. The van der Waals surface area contributed by atoms with E-state index in [-0.39, 0.29) is 17.3 Å². The molecule has 0 N–H and O–H groups in total. The van der Waals surface area contributed by atoms with Gasteiger partial charge in [-0.25, -0.2) is 9.37 Å². The number of fused-ring (bicyclic) bond motifs is 1. The summed E-state index contributed by atoms with van der Waals surface area (Å²) in [5.41, 5.74) is 1.16. The Hall–Kier alpha value is -2.74. The molecule has 28 heavy (non-hydrogen) atoms. The van der Waals surface area contributed by atoms with Gasteiger partial charge in [-0.2, -0.15) is 0 Å². The first-order chi connectivity index (χ1) is 13.5. The minimum absolute atomic E-state index is 0.0869. The van der Waals surface area contributed by atoms with Crippen LogP contribution in [0.5, 0.6) is 0 Å². The second-order valence-corrected chi connectivity index (χ2v) is 7.80. The molecule has 2 aromatic heterocycles. The van der Waals surface area contributed by atoms with Crippen LogP contribution in [0.25, 0.3) is 10.2 Å². The Morgan fingerprint density at radius 2 is 1.93 bits per heavy atom. The monoisotopic (exact) mass is 400 g/mol. The Labute approximate surface area is 165 Å². The highest BCUT2D eigenvalue weighted by Crippen LogP contribution is 2.29. The molecule has 0 aliphatic carbocycles. The largest absolute Gasteiger partial charge is 0.366 e. The third-order valence-electron chi connectivity index (χ3n) is 5.21. The lowest BCUT2D eigenvalue weighted by Gasteiger charge is -2.36. The van der Waals surface area contributed by atoms with E-state index in [2.05, 4.69) is 4.98 Å². The van der Waals surface area contributed by atoms with E-state index in [9.17, 15) is 14.0 Å². The van der Waals surface area contributed by atoms with E-state index in [1.165, 1.54) is 23.7 Å². The van der Waals surface area contributed by atoms with Crippen molar-refractivity contribution in [2.45, 2.75) is 20.4 Å². The van der Waals surface area contributed by atoms with Crippen molar-refractivity contribution in [2.24, 2.45) is 0 Å². The van der Waals surface area contributed by atoms with Gasteiger partial charge >= 0.3 is 0 Å². The van der Waals surface area contributed by atoms with Crippen molar-refractivity contribution in [3.05, 3.63) is 57.2 Å². The number of aryl methyl sites for hydroxylation is 2. The van der Waals surface area contributed by atoms with Crippen LogP contribution < -0.4 is 10.5 Å². The Balaban J connectivity index is 1.56. The van der Waals surface area contributed by atoms with Crippen LogP contribution in [0.3, 0.4) is 0 Å². The number of thiophene rings is 1. The number of aromatic nitrogens is 2. The fourth-order valence-corrected chi connectivity index (χ4v) is 4.70. The van der Waals surface area contributed by atoms with Gasteiger partial charge in [-0.3, -0.25) is 14.2 Å². The minimum Gasteiger partial charge on any atom is -0.366 e. The van der Waals surface area contributed by atoms with E-state index >= 15 is 0 Å². The highest BCUT2D eigenvalue weighted by molar-refractivity contribution is 7.20. The summed E-state index contributed by atoms with van der Waals surface area (Å²) in [6, 6.07) is 6.69. The van der Waals surface area contributed by atoms with E-state index in [1.807, 2.05) is 24.8 Å².